The van der Waals surface area contributed by atoms with Crippen LogP contribution in [0.3, 0.4) is 0 Å². The van der Waals surface area contributed by atoms with Crippen LogP contribution in [0.5, 0.6) is 0 Å². The minimum Gasteiger partial charge on any atom is -0.368 e. The molecule has 0 radical (unpaired) electrons. The minimum absolute atomic E-state index is 0.132. The van der Waals surface area contributed by atoms with E-state index in [1.54, 1.807) is 17.0 Å². The Labute approximate surface area is 168 Å². The molecule has 8 heteroatoms. The van der Waals surface area contributed by atoms with Crippen LogP contribution in [-0.2, 0) is 14.6 Å². The third-order valence-electron chi connectivity index (χ3n) is 5.49. The molecule has 1 aliphatic carbocycles. The fourth-order valence-electron chi connectivity index (χ4n) is 3.66. The molecule has 1 aliphatic heterocycles. The lowest BCUT2D eigenvalue weighted by atomic mass is 10.2. The van der Waals surface area contributed by atoms with Gasteiger partial charge in [-0.1, -0.05) is 11.6 Å². The molecule has 1 amide bonds. The SMILES string of the molecule is O=C(N1CCN(c2ccc(F)cc2)CC1)C1(S(=O)(=O)c2ccc(Cl)cc2)CC1. The van der Waals surface area contributed by atoms with E-state index in [0.717, 1.165) is 5.69 Å². The molecule has 2 fully saturated rings. The smallest absolute Gasteiger partial charge is 0.244 e. The molecule has 0 bridgehead atoms. The molecule has 4 rings (SSSR count). The van der Waals surface area contributed by atoms with E-state index in [1.807, 2.05) is 0 Å². The molecule has 0 spiro atoms. The number of hydrogen-bond donors (Lipinski definition) is 0. The molecule has 0 N–H and O–H groups in total. The molecule has 1 saturated heterocycles. The number of nitrogens with zero attached hydrogens (tertiary/aromatic N) is 2. The summed E-state index contributed by atoms with van der Waals surface area (Å²) in [7, 11) is -3.77. The third-order valence-corrected chi connectivity index (χ3v) is 8.25. The van der Waals surface area contributed by atoms with Crippen molar-refractivity contribution in [1.82, 2.24) is 4.90 Å². The first-order valence-electron chi connectivity index (χ1n) is 9.14. The number of hydrogen-bond acceptors (Lipinski definition) is 4. The Morgan fingerprint density at radius 2 is 1.50 bits per heavy atom. The Kier molecular flexibility index (Phi) is 4.83. The van der Waals surface area contributed by atoms with Gasteiger partial charge in [0.05, 0.1) is 4.90 Å². The van der Waals surface area contributed by atoms with Crippen LogP contribution in [0.25, 0.3) is 0 Å². The molecule has 2 aromatic carbocycles. The first-order valence-corrected chi connectivity index (χ1v) is 11.0. The van der Waals surface area contributed by atoms with Gasteiger partial charge in [-0.25, -0.2) is 12.8 Å². The van der Waals surface area contributed by atoms with Crippen LogP contribution in [0, 0.1) is 5.82 Å². The van der Waals surface area contributed by atoms with Crippen LogP contribution in [0.15, 0.2) is 53.4 Å². The van der Waals surface area contributed by atoms with Crippen molar-refractivity contribution in [3.8, 4) is 0 Å². The van der Waals surface area contributed by atoms with Crippen LogP contribution >= 0.6 is 11.6 Å². The molecule has 0 unspecified atom stereocenters. The maximum absolute atomic E-state index is 13.1. The largest absolute Gasteiger partial charge is 0.368 e. The molecule has 2 aliphatic rings. The van der Waals surface area contributed by atoms with Gasteiger partial charge in [0.1, 0.15) is 5.82 Å². The van der Waals surface area contributed by atoms with Gasteiger partial charge in [0.15, 0.2) is 14.6 Å². The van der Waals surface area contributed by atoms with Crippen molar-refractivity contribution in [2.24, 2.45) is 0 Å². The first kappa shape index (κ1) is 19.2. The van der Waals surface area contributed by atoms with Crippen molar-refractivity contribution in [1.29, 1.82) is 0 Å². The van der Waals surface area contributed by atoms with Gasteiger partial charge in [-0.2, -0.15) is 0 Å². The van der Waals surface area contributed by atoms with E-state index in [0.29, 0.717) is 44.0 Å². The highest BCUT2D eigenvalue weighted by Crippen LogP contribution is 2.48. The molecule has 0 aromatic heterocycles. The van der Waals surface area contributed by atoms with Crippen molar-refractivity contribution in [3.05, 3.63) is 59.4 Å². The Morgan fingerprint density at radius 3 is 2.04 bits per heavy atom. The topological polar surface area (TPSA) is 57.7 Å². The van der Waals surface area contributed by atoms with Crippen LogP contribution in [0.1, 0.15) is 12.8 Å². The molecule has 1 heterocycles. The van der Waals surface area contributed by atoms with E-state index in [-0.39, 0.29) is 16.6 Å². The molecular weight excluding hydrogens is 403 g/mol. The summed E-state index contributed by atoms with van der Waals surface area (Å²) >= 11 is 5.85. The average Bonchev–Trinajstić information content (AvgIpc) is 3.51. The maximum atomic E-state index is 13.1. The van der Waals surface area contributed by atoms with Gasteiger partial charge in [0.25, 0.3) is 0 Å². The average molecular weight is 423 g/mol. The van der Waals surface area contributed by atoms with Crippen molar-refractivity contribution in [2.45, 2.75) is 22.5 Å². The molecule has 2 aromatic rings. The summed E-state index contributed by atoms with van der Waals surface area (Å²) in [6.45, 7) is 2.03. The summed E-state index contributed by atoms with van der Waals surface area (Å²) < 4.78 is 37.9. The number of halogens is 2. The quantitative estimate of drug-likeness (QED) is 0.759. The number of carbonyl (C=O) groups excluding carboxylic acids is 1. The Morgan fingerprint density at radius 1 is 0.929 bits per heavy atom. The van der Waals surface area contributed by atoms with Crippen LogP contribution in [-0.4, -0.2) is 50.2 Å². The van der Waals surface area contributed by atoms with Gasteiger partial charge < -0.3 is 9.80 Å². The Bertz CT molecular complexity index is 981. The highest BCUT2D eigenvalue weighted by atomic mass is 35.5. The van der Waals surface area contributed by atoms with Gasteiger partial charge in [-0.05, 0) is 61.4 Å². The molecule has 148 valence electrons. The van der Waals surface area contributed by atoms with E-state index in [2.05, 4.69) is 4.90 Å². The van der Waals surface area contributed by atoms with Crippen molar-refractivity contribution in [3.63, 3.8) is 0 Å². The van der Waals surface area contributed by atoms with Gasteiger partial charge in [-0.3, -0.25) is 4.79 Å². The minimum atomic E-state index is -3.77. The van der Waals surface area contributed by atoms with Gasteiger partial charge in [0.2, 0.25) is 5.91 Å². The summed E-state index contributed by atoms with van der Waals surface area (Å²) in [4.78, 5) is 16.9. The molecule has 1 saturated carbocycles. The number of amides is 1. The van der Waals surface area contributed by atoms with E-state index in [4.69, 9.17) is 11.6 Å². The van der Waals surface area contributed by atoms with Gasteiger partial charge >= 0.3 is 0 Å². The van der Waals surface area contributed by atoms with E-state index < -0.39 is 14.6 Å². The Balaban J connectivity index is 1.47. The second-order valence-corrected chi connectivity index (χ2v) is 9.90. The van der Waals surface area contributed by atoms with Gasteiger partial charge in [0, 0.05) is 36.9 Å². The lowest BCUT2D eigenvalue weighted by Crippen LogP contribution is -2.53. The third kappa shape index (κ3) is 3.26. The second kappa shape index (κ2) is 7.04. The summed E-state index contributed by atoms with van der Waals surface area (Å²) in [6, 6.07) is 12.2. The lowest BCUT2D eigenvalue weighted by Gasteiger charge is -2.37. The van der Waals surface area contributed by atoms with E-state index in [9.17, 15) is 17.6 Å². The molecule has 28 heavy (non-hydrogen) atoms. The van der Waals surface area contributed by atoms with E-state index in [1.165, 1.54) is 36.4 Å². The maximum Gasteiger partial charge on any atom is 0.244 e. The molecular formula is C20H20ClFN2O3S. The summed E-state index contributed by atoms with van der Waals surface area (Å²) in [5.74, 6) is -0.609. The van der Waals surface area contributed by atoms with Crippen LogP contribution in [0.2, 0.25) is 5.02 Å². The van der Waals surface area contributed by atoms with Crippen LogP contribution in [0.4, 0.5) is 10.1 Å². The van der Waals surface area contributed by atoms with Crippen molar-refractivity contribution in [2.75, 3.05) is 31.1 Å². The summed E-state index contributed by atoms with van der Waals surface area (Å²) in [5.41, 5.74) is 0.892. The number of sulfone groups is 1. The zero-order valence-electron chi connectivity index (χ0n) is 15.1. The summed E-state index contributed by atoms with van der Waals surface area (Å²) in [6.07, 6.45) is 0.684. The number of benzene rings is 2. The highest BCUT2D eigenvalue weighted by molar-refractivity contribution is 7.94. The van der Waals surface area contributed by atoms with Crippen molar-refractivity contribution < 1.29 is 17.6 Å². The predicted octanol–water partition coefficient (Wildman–Crippen LogP) is 3.13. The van der Waals surface area contributed by atoms with E-state index >= 15 is 0 Å². The fourth-order valence-corrected chi connectivity index (χ4v) is 5.73. The second-order valence-electron chi connectivity index (χ2n) is 7.21. The normalized spacial score (nSPS) is 18.8. The predicted molar refractivity (Wildman–Crippen MR) is 106 cm³/mol. The zero-order chi connectivity index (χ0) is 19.9. The first-order chi connectivity index (χ1) is 13.3. The Hall–Kier alpha value is -2.12. The molecule has 5 nitrogen and oxygen atoms in total. The van der Waals surface area contributed by atoms with Crippen molar-refractivity contribution >= 4 is 33.0 Å². The zero-order valence-corrected chi connectivity index (χ0v) is 16.7. The molecule has 0 atom stereocenters. The number of rotatable bonds is 4. The van der Waals surface area contributed by atoms with Crippen LogP contribution < -0.4 is 4.90 Å². The fraction of sp³-hybridized carbons (Fsp3) is 0.350. The standard InChI is InChI=1S/C20H20ClFN2O3S/c21-15-1-7-18(8-2-15)28(26,27)20(9-10-20)19(25)24-13-11-23(12-14-24)17-5-3-16(22)4-6-17/h1-8H,9-14H2. The number of piperazine rings is 1. The number of anilines is 1. The summed E-state index contributed by atoms with van der Waals surface area (Å²) in [5, 5.41) is 0.451. The van der Waals surface area contributed by atoms with Gasteiger partial charge in [-0.15, -0.1) is 0 Å². The monoisotopic (exact) mass is 422 g/mol. The lowest BCUT2D eigenvalue weighted by molar-refractivity contribution is -0.131. The number of carbonyl (C=O) groups is 1. The highest BCUT2D eigenvalue weighted by Gasteiger charge is 2.62.